The van der Waals surface area contributed by atoms with Crippen LogP contribution < -0.4 is 10.1 Å². The van der Waals surface area contributed by atoms with Crippen LogP contribution in [0.2, 0.25) is 0 Å². The van der Waals surface area contributed by atoms with Gasteiger partial charge in [-0.3, -0.25) is 4.79 Å². The Morgan fingerprint density at radius 1 is 1.12 bits per heavy atom. The van der Waals surface area contributed by atoms with Crippen molar-refractivity contribution in [3.63, 3.8) is 0 Å². The summed E-state index contributed by atoms with van der Waals surface area (Å²) in [5.74, 6) is 0.375. The molecule has 4 nitrogen and oxygen atoms in total. The van der Waals surface area contributed by atoms with E-state index in [4.69, 9.17) is 4.74 Å². The number of aryl methyl sites for hydroxylation is 2. The highest BCUT2D eigenvalue weighted by Crippen LogP contribution is 2.24. The molecule has 1 amide bonds. The van der Waals surface area contributed by atoms with Crippen LogP contribution in [0.5, 0.6) is 5.75 Å². The Hall–Kier alpha value is -2.66. The Balaban J connectivity index is 1.79. The van der Waals surface area contributed by atoms with E-state index < -0.39 is 0 Å². The van der Waals surface area contributed by atoms with E-state index >= 15 is 0 Å². The Kier molecular flexibility index (Phi) is 4.62. The predicted molar refractivity (Wildman–Crippen MR) is 98.0 cm³/mol. The standard InChI is InChI=1S/C19H18N2O2S/c1-12-4-9-18(23-3)16(10-12)19(22)21-15-7-5-14(6-8-15)17-11-24-13(2)20-17/h4-11H,1-3H3,(H,21,22). The number of carbonyl (C=O) groups is 1. The highest BCUT2D eigenvalue weighted by molar-refractivity contribution is 7.09. The Labute approximate surface area is 145 Å². The van der Waals surface area contributed by atoms with Crippen molar-refractivity contribution in [3.8, 4) is 17.0 Å². The lowest BCUT2D eigenvalue weighted by Gasteiger charge is -2.10. The number of methoxy groups -OCH3 is 1. The molecule has 2 aromatic carbocycles. The predicted octanol–water partition coefficient (Wildman–Crippen LogP) is 4.69. The molecule has 122 valence electrons. The molecule has 3 rings (SSSR count). The van der Waals surface area contributed by atoms with E-state index in [-0.39, 0.29) is 5.91 Å². The number of hydrogen-bond acceptors (Lipinski definition) is 4. The normalized spacial score (nSPS) is 10.5. The van der Waals surface area contributed by atoms with E-state index in [9.17, 15) is 4.79 Å². The van der Waals surface area contributed by atoms with E-state index in [2.05, 4.69) is 10.3 Å². The molecule has 0 radical (unpaired) electrons. The fraction of sp³-hybridized carbons (Fsp3) is 0.158. The number of hydrogen-bond donors (Lipinski definition) is 1. The first kappa shape index (κ1) is 16.2. The van der Waals surface area contributed by atoms with Gasteiger partial charge in [-0.15, -0.1) is 11.3 Å². The van der Waals surface area contributed by atoms with Crippen molar-refractivity contribution in [2.75, 3.05) is 12.4 Å². The van der Waals surface area contributed by atoms with E-state index in [1.54, 1.807) is 24.5 Å². The molecule has 24 heavy (non-hydrogen) atoms. The molecular formula is C19H18N2O2S. The lowest BCUT2D eigenvalue weighted by molar-refractivity contribution is 0.102. The van der Waals surface area contributed by atoms with Gasteiger partial charge in [-0.25, -0.2) is 4.98 Å². The lowest BCUT2D eigenvalue weighted by atomic mass is 10.1. The molecule has 1 heterocycles. The molecule has 5 heteroatoms. The molecule has 0 atom stereocenters. The number of ether oxygens (including phenoxy) is 1. The number of nitrogens with zero attached hydrogens (tertiary/aromatic N) is 1. The zero-order valence-electron chi connectivity index (χ0n) is 13.8. The van der Waals surface area contributed by atoms with Gasteiger partial charge in [-0.2, -0.15) is 0 Å². The van der Waals surface area contributed by atoms with E-state index in [0.29, 0.717) is 11.3 Å². The van der Waals surface area contributed by atoms with Crippen molar-refractivity contribution in [1.82, 2.24) is 4.98 Å². The highest BCUT2D eigenvalue weighted by atomic mass is 32.1. The monoisotopic (exact) mass is 338 g/mol. The second kappa shape index (κ2) is 6.84. The number of nitrogens with one attached hydrogen (secondary N) is 1. The Morgan fingerprint density at radius 2 is 1.88 bits per heavy atom. The largest absolute Gasteiger partial charge is 0.496 e. The molecule has 0 saturated heterocycles. The van der Waals surface area contributed by atoms with Crippen molar-refractivity contribution in [1.29, 1.82) is 0 Å². The van der Waals surface area contributed by atoms with Gasteiger partial charge < -0.3 is 10.1 Å². The average Bonchev–Trinajstić information content (AvgIpc) is 3.02. The van der Waals surface area contributed by atoms with Crippen LogP contribution in [-0.4, -0.2) is 18.0 Å². The third-order valence-corrected chi connectivity index (χ3v) is 4.43. The fourth-order valence-corrected chi connectivity index (χ4v) is 3.04. The summed E-state index contributed by atoms with van der Waals surface area (Å²) < 4.78 is 5.27. The topological polar surface area (TPSA) is 51.2 Å². The first-order chi connectivity index (χ1) is 11.6. The van der Waals surface area contributed by atoms with Crippen molar-refractivity contribution < 1.29 is 9.53 Å². The summed E-state index contributed by atoms with van der Waals surface area (Å²) in [6.45, 7) is 3.93. The summed E-state index contributed by atoms with van der Waals surface area (Å²) in [7, 11) is 1.56. The van der Waals surface area contributed by atoms with Crippen molar-refractivity contribution in [2.45, 2.75) is 13.8 Å². The molecule has 0 aliphatic heterocycles. The Bertz CT molecular complexity index is 869. The molecule has 1 N–H and O–H groups in total. The molecule has 0 unspecified atom stereocenters. The summed E-state index contributed by atoms with van der Waals surface area (Å²) in [5.41, 5.74) is 4.26. The third-order valence-electron chi connectivity index (χ3n) is 3.66. The molecule has 0 aliphatic carbocycles. The first-order valence-corrected chi connectivity index (χ1v) is 8.43. The lowest BCUT2D eigenvalue weighted by Crippen LogP contribution is -2.13. The maximum Gasteiger partial charge on any atom is 0.259 e. The third kappa shape index (κ3) is 3.46. The number of carbonyl (C=O) groups excluding carboxylic acids is 1. The van der Waals surface area contributed by atoms with Gasteiger partial charge in [0.1, 0.15) is 5.75 Å². The van der Waals surface area contributed by atoms with Crippen molar-refractivity contribution in [3.05, 3.63) is 64.0 Å². The molecule has 0 fully saturated rings. The van der Waals surface area contributed by atoms with Crippen LogP contribution in [0.3, 0.4) is 0 Å². The van der Waals surface area contributed by atoms with Gasteiger partial charge in [-0.1, -0.05) is 23.8 Å². The number of amides is 1. The molecular weight excluding hydrogens is 320 g/mol. The summed E-state index contributed by atoms with van der Waals surface area (Å²) >= 11 is 1.62. The van der Waals surface area contributed by atoms with Gasteiger partial charge >= 0.3 is 0 Å². The highest BCUT2D eigenvalue weighted by Gasteiger charge is 2.13. The second-order valence-corrected chi connectivity index (χ2v) is 6.55. The van der Waals surface area contributed by atoms with Crippen LogP contribution in [0, 0.1) is 13.8 Å². The minimum atomic E-state index is -0.187. The van der Waals surface area contributed by atoms with Crippen LogP contribution in [-0.2, 0) is 0 Å². The van der Waals surface area contributed by atoms with Gasteiger partial charge in [0, 0.05) is 16.6 Å². The summed E-state index contributed by atoms with van der Waals surface area (Å²) in [6, 6.07) is 13.2. The number of aromatic nitrogens is 1. The molecule has 0 aliphatic rings. The summed E-state index contributed by atoms with van der Waals surface area (Å²) in [4.78, 5) is 17.0. The van der Waals surface area contributed by atoms with Crippen LogP contribution in [0.15, 0.2) is 47.8 Å². The number of benzene rings is 2. The maximum absolute atomic E-state index is 12.5. The molecule has 1 aromatic heterocycles. The number of anilines is 1. The van der Waals surface area contributed by atoms with Gasteiger partial charge in [-0.05, 0) is 38.1 Å². The summed E-state index contributed by atoms with van der Waals surface area (Å²) in [5, 5.41) is 5.97. The number of rotatable bonds is 4. The van der Waals surface area contributed by atoms with Gasteiger partial charge in [0.05, 0.1) is 23.4 Å². The summed E-state index contributed by atoms with van der Waals surface area (Å²) in [6.07, 6.45) is 0. The van der Waals surface area contributed by atoms with Crippen LogP contribution >= 0.6 is 11.3 Å². The fourth-order valence-electron chi connectivity index (χ4n) is 2.42. The van der Waals surface area contributed by atoms with Crippen LogP contribution in [0.1, 0.15) is 20.9 Å². The second-order valence-electron chi connectivity index (χ2n) is 5.49. The zero-order valence-corrected chi connectivity index (χ0v) is 14.6. The molecule has 0 spiro atoms. The molecule has 3 aromatic rings. The first-order valence-electron chi connectivity index (χ1n) is 7.55. The minimum absolute atomic E-state index is 0.187. The van der Waals surface area contributed by atoms with Crippen molar-refractivity contribution >= 4 is 22.9 Å². The van der Waals surface area contributed by atoms with Crippen LogP contribution in [0.25, 0.3) is 11.3 Å². The maximum atomic E-state index is 12.5. The van der Waals surface area contributed by atoms with Gasteiger partial charge in [0.15, 0.2) is 0 Å². The average molecular weight is 338 g/mol. The quantitative estimate of drug-likeness (QED) is 0.751. The zero-order chi connectivity index (χ0) is 17.1. The minimum Gasteiger partial charge on any atom is -0.496 e. The SMILES string of the molecule is COc1ccc(C)cc1C(=O)Nc1ccc(-c2csc(C)n2)cc1. The Morgan fingerprint density at radius 3 is 2.50 bits per heavy atom. The molecule has 0 saturated carbocycles. The van der Waals surface area contributed by atoms with E-state index in [1.807, 2.05) is 55.6 Å². The van der Waals surface area contributed by atoms with Gasteiger partial charge in [0.25, 0.3) is 5.91 Å². The number of thiazole rings is 1. The van der Waals surface area contributed by atoms with Crippen molar-refractivity contribution in [2.24, 2.45) is 0 Å². The van der Waals surface area contributed by atoms with E-state index in [0.717, 1.165) is 27.5 Å². The van der Waals surface area contributed by atoms with E-state index in [1.165, 1.54) is 0 Å². The molecule has 0 bridgehead atoms. The van der Waals surface area contributed by atoms with Gasteiger partial charge in [0.2, 0.25) is 0 Å². The van der Waals surface area contributed by atoms with Crippen LogP contribution in [0.4, 0.5) is 5.69 Å². The smallest absolute Gasteiger partial charge is 0.259 e.